The van der Waals surface area contributed by atoms with Crippen molar-refractivity contribution in [3.63, 3.8) is 0 Å². The summed E-state index contributed by atoms with van der Waals surface area (Å²) in [7, 11) is 2.23. The molecule has 3 heteroatoms. The van der Waals surface area contributed by atoms with Crippen molar-refractivity contribution in [2.45, 2.75) is 39.7 Å². The van der Waals surface area contributed by atoms with E-state index >= 15 is 0 Å². The zero-order chi connectivity index (χ0) is 12.7. The lowest BCUT2D eigenvalue weighted by Crippen LogP contribution is -2.38. The Kier molecular flexibility index (Phi) is 7.56. The van der Waals surface area contributed by atoms with Gasteiger partial charge in [-0.3, -0.25) is 0 Å². The van der Waals surface area contributed by atoms with Crippen molar-refractivity contribution < 1.29 is 0 Å². The average molecular weight is 258 g/mol. The first-order valence-corrected chi connectivity index (χ1v) is 8.23. The monoisotopic (exact) mass is 258 g/mol. The maximum absolute atomic E-state index is 3.70. The summed E-state index contributed by atoms with van der Waals surface area (Å²) in [5, 5.41) is 3.70. The van der Waals surface area contributed by atoms with Crippen LogP contribution in [-0.4, -0.2) is 49.1 Å². The van der Waals surface area contributed by atoms with Gasteiger partial charge in [-0.15, -0.1) is 0 Å². The SMILES string of the molecule is CC(C)CSCC(C)NCC1CCN(C)CC1. The molecule has 1 aliphatic rings. The van der Waals surface area contributed by atoms with Crippen LogP contribution in [-0.2, 0) is 0 Å². The van der Waals surface area contributed by atoms with Crippen LogP contribution in [0.5, 0.6) is 0 Å². The summed E-state index contributed by atoms with van der Waals surface area (Å²) in [4.78, 5) is 2.44. The summed E-state index contributed by atoms with van der Waals surface area (Å²) < 4.78 is 0. The molecule has 2 nitrogen and oxygen atoms in total. The maximum Gasteiger partial charge on any atom is 0.0130 e. The van der Waals surface area contributed by atoms with Crippen LogP contribution in [0, 0.1) is 11.8 Å². The Morgan fingerprint density at radius 2 is 1.82 bits per heavy atom. The zero-order valence-electron chi connectivity index (χ0n) is 12.0. The summed E-state index contributed by atoms with van der Waals surface area (Å²) in [5.74, 6) is 4.27. The van der Waals surface area contributed by atoms with E-state index in [1.807, 2.05) is 0 Å². The van der Waals surface area contributed by atoms with Gasteiger partial charge in [0.2, 0.25) is 0 Å². The summed E-state index contributed by atoms with van der Waals surface area (Å²) in [6.45, 7) is 10.7. The number of nitrogens with one attached hydrogen (secondary N) is 1. The van der Waals surface area contributed by atoms with Crippen LogP contribution in [0.1, 0.15) is 33.6 Å². The molecule has 17 heavy (non-hydrogen) atoms. The third-order valence-corrected chi connectivity index (χ3v) is 5.05. The molecule has 1 saturated heterocycles. The molecule has 0 radical (unpaired) electrons. The lowest BCUT2D eigenvalue weighted by Gasteiger charge is -2.30. The van der Waals surface area contributed by atoms with Gasteiger partial charge in [0.25, 0.3) is 0 Å². The van der Waals surface area contributed by atoms with Crippen molar-refractivity contribution in [3.8, 4) is 0 Å². The van der Waals surface area contributed by atoms with Gasteiger partial charge in [0.1, 0.15) is 0 Å². The predicted octanol–water partition coefficient (Wildman–Crippen LogP) is 2.70. The molecule has 0 aromatic carbocycles. The molecular weight excluding hydrogens is 228 g/mol. The molecule has 0 aliphatic carbocycles. The predicted molar refractivity (Wildman–Crippen MR) is 79.8 cm³/mol. The Balaban J connectivity index is 2.01. The van der Waals surface area contributed by atoms with Crippen LogP contribution in [0.15, 0.2) is 0 Å². The first kappa shape index (κ1) is 15.3. The Morgan fingerprint density at radius 1 is 1.18 bits per heavy atom. The second kappa shape index (κ2) is 8.39. The number of nitrogens with zero attached hydrogens (tertiary/aromatic N) is 1. The topological polar surface area (TPSA) is 15.3 Å². The van der Waals surface area contributed by atoms with E-state index in [9.17, 15) is 0 Å². The fourth-order valence-electron chi connectivity index (χ4n) is 2.17. The largest absolute Gasteiger partial charge is 0.313 e. The van der Waals surface area contributed by atoms with Gasteiger partial charge >= 0.3 is 0 Å². The van der Waals surface area contributed by atoms with E-state index in [0.717, 1.165) is 11.8 Å². The Morgan fingerprint density at radius 3 is 2.41 bits per heavy atom. The fraction of sp³-hybridized carbons (Fsp3) is 1.00. The summed E-state index contributed by atoms with van der Waals surface area (Å²) >= 11 is 2.09. The van der Waals surface area contributed by atoms with Gasteiger partial charge in [0.15, 0.2) is 0 Å². The number of hydrogen-bond donors (Lipinski definition) is 1. The van der Waals surface area contributed by atoms with Gasteiger partial charge in [-0.25, -0.2) is 0 Å². The van der Waals surface area contributed by atoms with E-state index in [4.69, 9.17) is 0 Å². The zero-order valence-corrected chi connectivity index (χ0v) is 12.9. The maximum atomic E-state index is 3.70. The summed E-state index contributed by atoms with van der Waals surface area (Å²) in [6, 6.07) is 0.665. The highest BCUT2D eigenvalue weighted by molar-refractivity contribution is 7.99. The third kappa shape index (κ3) is 7.32. The van der Waals surface area contributed by atoms with E-state index in [2.05, 4.69) is 49.8 Å². The molecule has 1 atom stereocenters. The van der Waals surface area contributed by atoms with Crippen molar-refractivity contribution >= 4 is 11.8 Å². The van der Waals surface area contributed by atoms with Crippen molar-refractivity contribution in [1.82, 2.24) is 10.2 Å². The van der Waals surface area contributed by atoms with Crippen LogP contribution in [0.4, 0.5) is 0 Å². The van der Waals surface area contributed by atoms with E-state index in [-0.39, 0.29) is 0 Å². The molecule has 1 rings (SSSR count). The van der Waals surface area contributed by atoms with Crippen molar-refractivity contribution in [1.29, 1.82) is 0 Å². The van der Waals surface area contributed by atoms with Crippen LogP contribution >= 0.6 is 11.8 Å². The molecule has 0 bridgehead atoms. The van der Waals surface area contributed by atoms with Gasteiger partial charge in [0, 0.05) is 11.8 Å². The van der Waals surface area contributed by atoms with Gasteiger partial charge in [0.05, 0.1) is 0 Å². The smallest absolute Gasteiger partial charge is 0.0130 e. The number of likely N-dealkylation sites (tertiary alicyclic amines) is 1. The van der Waals surface area contributed by atoms with Gasteiger partial charge in [-0.2, -0.15) is 11.8 Å². The molecule has 1 heterocycles. The van der Waals surface area contributed by atoms with Gasteiger partial charge < -0.3 is 10.2 Å². The molecule has 0 aromatic heterocycles. The number of rotatable bonds is 7. The molecule has 1 unspecified atom stereocenters. The Hall–Kier alpha value is 0.270. The Labute approximate surface area is 112 Å². The van der Waals surface area contributed by atoms with E-state index in [1.54, 1.807) is 0 Å². The highest BCUT2D eigenvalue weighted by Crippen LogP contribution is 2.15. The van der Waals surface area contributed by atoms with E-state index in [0.29, 0.717) is 6.04 Å². The van der Waals surface area contributed by atoms with Crippen LogP contribution in [0.2, 0.25) is 0 Å². The molecule has 0 aromatic rings. The fourth-order valence-corrected chi connectivity index (χ4v) is 3.25. The first-order valence-electron chi connectivity index (χ1n) is 7.07. The minimum atomic E-state index is 0.665. The van der Waals surface area contributed by atoms with Crippen molar-refractivity contribution in [2.75, 3.05) is 38.2 Å². The number of hydrogen-bond acceptors (Lipinski definition) is 3. The number of piperidine rings is 1. The Bertz CT molecular complexity index is 189. The normalized spacial score (nSPS) is 21.0. The molecule has 0 amide bonds. The minimum absolute atomic E-state index is 0.665. The quantitative estimate of drug-likeness (QED) is 0.756. The molecule has 0 spiro atoms. The average Bonchev–Trinajstić information content (AvgIpc) is 2.28. The second-order valence-electron chi connectivity index (χ2n) is 5.99. The molecule has 1 aliphatic heterocycles. The molecule has 1 N–H and O–H groups in total. The van der Waals surface area contributed by atoms with Crippen LogP contribution in [0.3, 0.4) is 0 Å². The standard InChI is InChI=1S/C14H30N2S/c1-12(2)10-17-11-13(3)15-9-14-5-7-16(4)8-6-14/h12-15H,5-11H2,1-4H3. The summed E-state index contributed by atoms with van der Waals surface area (Å²) in [5.41, 5.74) is 0. The molecule has 102 valence electrons. The molecule has 0 saturated carbocycles. The van der Waals surface area contributed by atoms with Crippen molar-refractivity contribution in [2.24, 2.45) is 11.8 Å². The lowest BCUT2D eigenvalue weighted by atomic mass is 9.97. The highest BCUT2D eigenvalue weighted by atomic mass is 32.2. The van der Waals surface area contributed by atoms with Crippen LogP contribution in [0.25, 0.3) is 0 Å². The first-order chi connectivity index (χ1) is 8.08. The molecule has 1 fully saturated rings. The van der Waals surface area contributed by atoms with E-state index in [1.165, 1.54) is 44.0 Å². The minimum Gasteiger partial charge on any atom is -0.313 e. The highest BCUT2D eigenvalue weighted by Gasteiger charge is 2.16. The van der Waals surface area contributed by atoms with Gasteiger partial charge in [-0.05, 0) is 64.0 Å². The van der Waals surface area contributed by atoms with Crippen molar-refractivity contribution in [3.05, 3.63) is 0 Å². The second-order valence-corrected chi connectivity index (χ2v) is 7.06. The van der Waals surface area contributed by atoms with Gasteiger partial charge in [-0.1, -0.05) is 13.8 Å². The van der Waals surface area contributed by atoms with E-state index < -0.39 is 0 Å². The lowest BCUT2D eigenvalue weighted by molar-refractivity contribution is 0.214. The summed E-state index contributed by atoms with van der Waals surface area (Å²) in [6.07, 6.45) is 2.74. The van der Waals surface area contributed by atoms with Crippen LogP contribution < -0.4 is 5.32 Å². The molecular formula is C14H30N2S. The third-order valence-electron chi connectivity index (χ3n) is 3.41. The number of thioether (sulfide) groups is 1.